The van der Waals surface area contributed by atoms with E-state index in [0.29, 0.717) is 12.0 Å². The summed E-state index contributed by atoms with van der Waals surface area (Å²) >= 11 is 0. The number of hydrogen-bond donors (Lipinski definition) is 1. The molecule has 2 saturated heterocycles. The third kappa shape index (κ3) is 8.42. The molecule has 3 rings (SSSR count). The molecule has 3 aliphatic rings. The smallest absolute Gasteiger partial charge is 0.193 e. The van der Waals surface area contributed by atoms with Crippen molar-refractivity contribution in [1.29, 1.82) is 0 Å². The highest BCUT2D eigenvalue weighted by Gasteiger charge is 2.23. The zero-order valence-corrected chi connectivity index (χ0v) is 18.6. The second-order valence-corrected chi connectivity index (χ2v) is 8.89. The average molecular weight is 410 g/mol. The van der Waals surface area contributed by atoms with Crippen LogP contribution in [0, 0.1) is 11.8 Å². The molecule has 1 aliphatic carbocycles. The first-order chi connectivity index (χ1) is 14.3. The number of nitrogens with zero attached hydrogens (tertiary/aromatic N) is 2. The Morgan fingerprint density at radius 3 is 2.45 bits per heavy atom. The van der Waals surface area contributed by atoms with E-state index in [2.05, 4.69) is 17.1 Å². The van der Waals surface area contributed by atoms with Crippen LogP contribution in [0.4, 0.5) is 0 Å². The lowest BCUT2D eigenvalue weighted by Gasteiger charge is -2.34. The van der Waals surface area contributed by atoms with Crippen LogP contribution in [0.15, 0.2) is 4.99 Å². The summed E-state index contributed by atoms with van der Waals surface area (Å²) in [7, 11) is 0. The van der Waals surface area contributed by atoms with Crippen molar-refractivity contribution in [1.82, 2.24) is 10.2 Å². The van der Waals surface area contributed by atoms with Crippen molar-refractivity contribution in [2.45, 2.75) is 70.8 Å². The van der Waals surface area contributed by atoms with Crippen molar-refractivity contribution in [2.24, 2.45) is 16.8 Å². The number of hydrogen-bond acceptors (Lipinski definition) is 4. The normalized spacial score (nSPS) is 23.1. The summed E-state index contributed by atoms with van der Waals surface area (Å²) in [5.74, 6) is 2.56. The van der Waals surface area contributed by atoms with Gasteiger partial charge in [0.05, 0.1) is 6.10 Å². The number of aliphatic imine (C=N–C) groups is 1. The van der Waals surface area contributed by atoms with Gasteiger partial charge in [0.15, 0.2) is 5.96 Å². The molecule has 0 aromatic heterocycles. The minimum absolute atomic E-state index is 0.438. The van der Waals surface area contributed by atoms with Gasteiger partial charge in [-0.15, -0.1) is 0 Å². The minimum Gasteiger partial charge on any atom is -0.381 e. The Hall–Kier alpha value is -0.850. The Labute approximate surface area is 177 Å². The first kappa shape index (κ1) is 22.8. The van der Waals surface area contributed by atoms with E-state index in [1.807, 2.05) is 0 Å². The molecule has 0 aromatic rings. The molecule has 6 heteroatoms. The van der Waals surface area contributed by atoms with E-state index >= 15 is 0 Å². The van der Waals surface area contributed by atoms with Gasteiger partial charge in [-0.2, -0.15) is 0 Å². The summed E-state index contributed by atoms with van der Waals surface area (Å²) in [6.45, 7) is 10.4. The van der Waals surface area contributed by atoms with E-state index in [9.17, 15) is 0 Å². The van der Waals surface area contributed by atoms with Crippen LogP contribution in [0.5, 0.6) is 0 Å². The van der Waals surface area contributed by atoms with Crippen molar-refractivity contribution < 1.29 is 14.2 Å². The molecule has 6 nitrogen and oxygen atoms in total. The number of likely N-dealkylation sites (tertiary alicyclic amines) is 1. The van der Waals surface area contributed by atoms with Crippen molar-refractivity contribution >= 4 is 5.96 Å². The Morgan fingerprint density at radius 2 is 1.72 bits per heavy atom. The lowest BCUT2D eigenvalue weighted by molar-refractivity contribution is 0.000998. The van der Waals surface area contributed by atoms with Crippen LogP contribution in [-0.4, -0.2) is 76.2 Å². The quantitative estimate of drug-likeness (QED) is 0.340. The maximum Gasteiger partial charge on any atom is 0.193 e. The van der Waals surface area contributed by atoms with E-state index in [1.54, 1.807) is 0 Å². The summed E-state index contributed by atoms with van der Waals surface area (Å²) in [6.07, 6.45) is 11.5. The predicted octanol–water partition coefficient (Wildman–Crippen LogP) is 3.46. The fourth-order valence-corrected chi connectivity index (χ4v) is 4.62. The largest absolute Gasteiger partial charge is 0.381 e. The van der Waals surface area contributed by atoms with Gasteiger partial charge < -0.3 is 24.4 Å². The SMILES string of the molecule is CCNC(=NCCCOCC1CCOCC1)N1CCC(OCC2CCCC2)CC1. The van der Waals surface area contributed by atoms with Gasteiger partial charge in [-0.05, 0) is 63.7 Å². The molecule has 2 aliphatic heterocycles. The van der Waals surface area contributed by atoms with Crippen molar-refractivity contribution in [3.05, 3.63) is 0 Å². The number of guanidine groups is 1. The van der Waals surface area contributed by atoms with Crippen LogP contribution < -0.4 is 5.32 Å². The van der Waals surface area contributed by atoms with Crippen LogP contribution >= 0.6 is 0 Å². The monoisotopic (exact) mass is 409 g/mol. The molecule has 0 aromatic carbocycles. The molecule has 0 radical (unpaired) electrons. The van der Waals surface area contributed by atoms with E-state index in [0.717, 1.165) is 103 Å². The van der Waals surface area contributed by atoms with Crippen molar-refractivity contribution in [3.8, 4) is 0 Å². The third-order valence-electron chi connectivity index (χ3n) is 6.52. The number of piperidine rings is 1. The number of ether oxygens (including phenoxy) is 3. The molecule has 0 unspecified atom stereocenters. The standard InChI is InChI=1S/C23H43N3O3/c1-2-24-23(25-12-5-15-28-18-21-10-16-27-17-11-21)26-13-8-22(9-14-26)29-19-20-6-3-4-7-20/h20-22H,2-19H2,1H3,(H,24,25). The van der Waals surface area contributed by atoms with Gasteiger partial charge in [-0.1, -0.05) is 12.8 Å². The Bertz CT molecular complexity index is 454. The van der Waals surface area contributed by atoms with Crippen LogP contribution in [0.3, 0.4) is 0 Å². The van der Waals surface area contributed by atoms with Crippen molar-refractivity contribution in [3.63, 3.8) is 0 Å². The highest BCUT2D eigenvalue weighted by Crippen LogP contribution is 2.26. The van der Waals surface area contributed by atoms with Crippen LogP contribution in [0.1, 0.15) is 64.7 Å². The molecule has 3 fully saturated rings. The zero-order chi connectivity index (χ0) is 20.2. The topological polar surface area (TPSA) is 55.3 Å². The van der Waals surface area contributed by atoms with Crippen LogP contribution in [-0.2, 0) is 14.2 Å². The number of rotatable bonds is 10. The van der Waals surface area contributed by atoms with Gasteiger partial charge in [0.25, 0.3) is 0 Å². The molecule has 29 heavy (non-hydrogen) atoms. The fraction of sp³-hybridized carbons (Fsp3) is 0.957. The third-order valence-corrected chi connectivity index (χ3v) is 6.52. The van der Waals surface area contributed by atoms with E-state index in [4.69, 9.17) is 19.2 Å². The minimum atomic E-state index is 0.438. The Morgan fingerprint density at radius 1 is 1.00 bits per heavy atom. The van der Waals surface area contributed by atoms with E-state index in [-0.39, 0.29) is 0 Å². The molecular formula is C23H43N3O3. The molecule has 2 heterocycles. The summed E-state index contributed by atoms with van der Waals surface area (Å²) in [5.41, 5.74) is 0. The second kappa shape index (κ2) is 13.5. The molecule has 0 bridgehead atoms. The molecular weight excluding hydrogens is 366 g/mol. The highest BCUT2D eigenvalue weighted by molar-refractivity contribution is 5.80. The average Bonchev–Trinajstić information content (AvgIpc) is 3.29. The van der Waals surface area contributed by atoms with Gasteiger partial charge in [0.1, 0.15) is 0 Å². The maximum absolute atomic E-state index is 6.22. The Balaban J connectivity index is 1.29. The van der Waals surface area contributed by atoms with Gasteiger partial charge in [-0.25, -0.2) is 0 Å². The maximum atomic E-state index is 6.22. The number of nitrogens with one attached hydrogen (secondary N) is 1. The lowest BCUT2D eigenvalue weighted by atomic mass is 10.0. The molecule has 0 amide bonds. The van der Waals surface area contributed by atoms with Crippen LogP contribution in [0.25, 0.3) is 0 Å². The summed E-state index contributed by atoms with van der Waals surface area (Å²) in [5, 5.41) is 3.47. The fourth-order valence-electron chi connectivity index (χ4n) is 4.62. The summed E-state index contributed by atoms with van der Waals surface area (Å²) in [6, 6.07) is 0. The van der Waals surface area contributed by atoms with Crippen molar-refractivity contribution in [2.75, 3.05) is 59.2 Å². The molecule has 1 N–H and O–H groups in total. The molecule has 0 atom stereocenters. The summed E-state index contributed by atoms with van der Waals surface area (Å²) < 4.78 is 17.5. The van der Waals surface area contributed by atoms with Gasteiger partial charge in [0.2, 0.25) is 0 Å². The Kier molecular flexibility index (Phi) is 10.6. The first-order valence-corrected chi connectivity index (χ1v) is 12.2. The van der Waals surface area contributed by atoms with Gasteiger partial charge in [-0.3, -0.25) is 4.99 Å². The second-order valence-electron chi connectivity index (χ2n) is 8.89. The highest BCUT2D eigenvalue weighted by atomic mass is 16.5. The van der Waals surface area contributed by atoms with E-state index in [1.165, 1.54) is 25.7 Å². The molecule has 168 valence electrons. The van der Waals surface area contributed by atoms with Crippen LogP contribution in [0.2, 0.25) is 0 Å². The lowest BCUT2D eigenvalue weighted by Crippen LogP contribution is -2.47. The predicted molar refractivity (Wildman–Crippen MR) is 117 cm³/mol. The van der Waals surface area contributed by atoms with E-state index < -0.39 is 0 Å². The van der Waals surface area contributed by atoms with Gasteiger partial charge >= 0.3 is 0 Å². The first-order valence-electron chi connectivity index (χ1n) is 12.2. The molecule has 0 spiro atoms. The van der Waals surface area contributed by atoms with Gasteiger partial charge in [0, 0.05) is 59.2 Å². The summed E-state index contributed by atoms with van der Waals surface area (Å²) in [4.78, 5) is 7.25. The zero-order valence-electron chi connectivity index (χ0n) is 18.6. The molecule has 1 saturated carbocycles.